The molecule has 1 heterocycles. The highest BCUT2D eigenvalue weighted by atomic mass is 79.9. The molecule has 0 bridgehead atoms. The lowest BCUT2D eigenvalue weighted by atomic mass is 10.00. The normalized spacial score (nSPS) is 17.4. The van der Waals surface area contributed by atoms with E-state index >= 15 is 0 Å². The zero-order chi connectivity index (χ0) is 14.5. The van der Waals surface area contributed by atoms with Gasteiger partial charge in [-0.15, -0.1) is 12.4 Å². The summed E-state index contributed by atoms with van der Waals surface area (Å²) in [5.74, 6) is 0.656. The molecule has 1 atom stereocenters. The molecule has 1 aliphatic rings. The zero-order valence-corrected chi connectivity index (χ0v) is 14.2. The van der Waals surface area contributed by atoms with Crippen molar-refractivity contribution < 1.29 is 13.5 Å². The number of piperazine rings is 1. The third kappa shape index (κ3) is 5.06. The van der Waals surface area contributed by atoms with E-state index in [4.69, 9.17) is 4.74 Å². The fraction of sp³-hybridized carbons (Fsp3) is 0.571. The maximum absolute atomic E-state index is 12.9. The van der Waals surface area contributed by atoms with Crippen LogP contribution in [0.25, 0.3) is 0 Å². The number of benzene rings is 1. The number of alkyl halides is 2. The lowest BCUT2D eigenvalue weighted by Gasteiger charge is -2.35. The molecule has 0 amide bonds. The first-order valence-corrected chi connectivity index (χ1v) is 7.47. The van der Waals surface area contributed by atoms with E-state index in [2.05, 4.69) is 26.1 Å². The van der Waals surface area contributed by atoms with E-state index in [1.165, 1.54) is 0 Å². The summed E-state index contributed by atoms with van der Waals surface area (Å²) < 4.78 is 32.1. The Labute approximate surface area is 138 Å². The van der Waals surface area contributed by atoms with Crippen LogP contribution in [0.1, 0.15) is 18.0 Å². The van der Waals surface area contributed by atoms with Crippen molar-refractivity contribution in [2.75, 3.05) is 33.3 Å². The maximum Gasteiger partial charge on any atom is 0.240 e. The summed E-state index contributed by atoms with van der Waals surface area (Å²) >= 11 is 3.38. The van der Waals surface area contributed by atoms with Crippen LogP contribution in [0.2, 0.25) is 0 Å². The van der Waals surface area contributed by atoms with Gasteiger partial charge in [0.25, 0.3) is 0 Å². The molecule has 1 saturated heterocycles. The van der Waals surface area contributed by atoms with Gasteiger partial charge >= 0.3 is 0 Å². The SMILES string of the molecule is COc1cc(Br)ccc1[C@@H](CC(F)F)N1CCNCC1.Cl. The molecule has 0 unspecified atom stereocenters. The molecular weight excluding hydrogens is 366 g/mol. The predicted molar refractivity (Wildman–Crippen MR) is 85.7 cm³/mol. The average molecular weight is 386 g/mol. The van der Waals surface area contributed by atoms with Crippen LogP contribution in [0.4, 0.5) is 8.78 Å². The van der Waals surface area contributed by atoms with E-state index in [0.717, 1.165) is 36.2 Å². The Balaban J connectivity index is 0.00000220. The molecule has 1 N–H and O–H groups in total. The maximum atomic E-state index is 12.9. The van der Waals surface area contributed by atoms with Gasteiger partial charge in [0.2, 0.25) is 6.43 Å². The quantitative estimate of drug-likeness (QED) is 0.840. The summed E-state index contributed by atoms with van der Waals surface area (Å²) in [5.41, 5.74) is 0.831. The van der Waals surface area contributed by atoms with Crippen molar-refractivity contribution in [3.05, 3.63) is 28.2 Å². The second-order valence-electron chi connectivity index (χ2n) is 4.81. The van der Waals surface area contributed by atoms with Crippen molar-refractivity contribution in [1.29, 1.82) is 0 Å². The van der Waals surface area contributed by atoms with Crippen molar-refractivity contribution in [3.8, 4) is 5.75 Å². The Bertz CT molecular complexity index is 445. The predicted octanol–water partition coefficient (Wildman–Crippen LogP) is 3.48. The van der Waals surface area contributed by atoms with Gasteiger partial charge in [0.1, 0.15) is 5.75 Å². The van der Waals surface area contributed by atoms with Crippen molar-refractivity contribution >= 4 is 28.3 Å². The van der Waals surface area contributed by atoms with Crippen LogP contribution in [0.15, 0.2) is 22.7 Å². The number of halogens is 4. The summed E-state index contributed by atoms with van der Waals surface area (Å²) in [6, 6.07) is 5.27. The molecule has 3 nitrogen and oxygen atoms in total. The molecule has 0 spiro atoms. The second kappa shape index (κ2) is 8.88. The molecule has 0 aliphatic carbocycles. The Kier molecular flexibility index (Phi) is 7.87. The highest BCUT2D eigenvalue weighted by molar-refractivity contribution is 9.10. The molecular formula is C14H20BrClF2N2O. The average Bonchev–Trinajstić information content (AvgIpc) is 2.45. The Morgan fingerprint density at radius 3 is 2.57 bits per heavy atom. The highest BCUT2D eigenvalue weighted by Crippen LogP contribution is 2.35. The van der Waals surface area contributed by atoms with Gasteiger partial charge in [-0.2, -0.15) is 0 Å². The first-order chi connectivity index (χ1) is 9.61. The van der Waals surface area contributed by atoms with E-state index in [1.54, 1.807) is 7.11 Å². The van der Waals surface area contributed by atoms with Gasteiger partial charge in [0, 0.05) is 48.7 Å². The number of hydrogen-bond acceptors (Lipinski definition) is 3. The molecule has 1 aromatic rings. The number of nitrogens with one attached hydrogen (secondary N) is 1. The van der Waals surface area contributed by atoms with Crippen LogP contribution in [0.5, 0.6) is 5.75 Å². The van der Waals surface area contributed by atoms with Gasteiger partial charge in [-0.3, -0.25) is 4.90 Å². The smallest absolute Gasteiger partial charge is 0.240 e. The highest BCUT2D eigenvalue weighted by Gasteiger charge is 2.27. The first-order valence-electron chi connectivity index (χ1n) is 6.68. The van der Waals surface area contributed by atoms with Crippen molar-refractivity contribution in [2.24, 2.45) is 0 Å². The van der Waals surface area contributed by atoms with Gasteiger partial charge < -0.3 is 10.1 Å². The Morgan fingerprint density at radius 1 is 1.33 bits per heavy atom. The minimum Gasteiger partial charge on any atom is -0.496 e. The molecule has 2 rings (SSSR count). The molecule has 1 aliphatic heterocycles. The lowest BCUT2D eigenvalue weighted by molar-refractivity contribution is 0.0729. The third-order valence-electron chi connectivity index (χ3n) is 3.55. The summed E-state index contributed by atoms with van der Waals surface area (Å²) in [7, 11) is 1.57. The summed E-state index contributed by atoms with van der Waals surface area (Å²) in [6.07, 6.45) is -2.50. The van der Waals surface area contributed by atoms with E-state index in [1.807, 2.05) is 18.2 Å². The molecule has 7 heteroatoms. The van der Waals surface area contributed by atoms with Crippen LogP contribution in [0.3, 0.4) is 0 Å². The molecule has 1 fully saturated rings. The molecule has 21 heavy (non-hydrogen) atoms. The summed E-state index contributed by atoms with van der Waals surface area (Å²) in [5, 5.41) is 3.24. The monoisotopic (exact) mass is 384 g/mol. The fourth-order valence-corrected chi connectivity index (χ4v) is 2.94. The van der Waals surface area contributed by atoms with Gasteiger partial charge in [0.05, 0.1) is 7.11 Å². The van der Waals surface area contributed by atoms with Crippen molar-refractivity contribution in [3.63, 3.8) is 0 Å². The number of nitrogens with zero attached hydrogens (tertiary/aromatic N) is 1. The van der Waals surface area contributed by atoms with Crippen LogP contribution in [0, 0.1) is 0 Å². The van der Waals surface area contributed by atoms with E-state index < -0.39 is 6.43 Å². The molecule has 0 aromatic heterocycles. The standard InChI is InChI=1S/C14H19BrF2N2O.ClH/c1-20-13-8-10(15)2-3-11(13)12(9-14(16)17)19-6-4-18-5-7-19;/h2-3,8,12,14,18H,4-7,9H2,1H3;1H/t12-;/m1./s1. The summed E-state index contributed by atoms with van der Waals surface area (Å²) in [4.78, 5) is 2.11. The van der Waals surface area contributed by atoms with E-state index in [0.29, 0.717) is 5.75 Å². The Hall–Kier alpha value is -0.430. The van der Waals surface area contributed by atoms with Gasteiger partial charge in [0.15, 0.2) is 0 Å². The lowest BCUT2D eigenvalue weighted by Crippen LogP contribution is -2.45. The molecule has 0 radical (unpaired) electrons. The minimum absolute atomic E-state index is 0. The number of rotatable bonds is 5. The van der Waals surface area contributed by atoms with Crippen LogP contribution < -0.4 is 10.1 Å². The van der Waals surface area contributed by atoms with Crippen LogP contribution in [-0.4, -0.2) is 44.6 Å². The number of ether oxygens (including phenoxy) is 1. The van der Waals surface area contributed by atoms with E-state index in [9.17, 15) is 8.78 Å². The van der Waals surface area contributed by atoms with Crippen molar-refractivity contribution in [1.82, 2.24) is 10.2 Å². The largest absolute Gasteiger partial charge is 0.496 e. The molecule has 1 aromatic carbocycles. The number of hydrogen-bond donors (Lipinski definition) is 1. The van der Waals surface area contributed by atoms with Gasteiger partial charge in [-0.05, 0) is 12.1 Å². The molecule has 120 valence electrons. The van der Waals surface area contributed by atoms with Crippen LogP contribution >= 0.6 is 28.3 Å². The zero-order valence-electron chi connectivity index (χ0n) is 11.8. The van der Waals surface area contributed by atoms with E-state index in [-0.39, 0.29) is 24.9 Å². The minimum atomic E-state index is -2.33. The second-order valence-corrected chi connectivity index (χ2v) is 5.73. The summed E-state index contributed by atoms with van der Waals surface area (Å²) in [6.45, 7) is 3.21. The fourth-order valence-electron chi connectivity index (χ4n) is 2.60. The van der Waals surface area contributed by atoms with Crippen molar-refractivity contribution in [2.45, 2.75) is 18.9 Å². The Morgan fingerprint density at radius 2 is 2.00 bits per heavy atom. The first kappa shape index (κ1) is 18.6. The van der Waals surface area contributed by atoms with Crippen LogP contribution in [-0.2, 0) is 0 Å². The number of methoxy groups -OCH3 is 1. The van der Waals surface area contributed by atoms with Gasteiger partial charge in [-0.1, -0.05) is 22.0 Å². The molecule has 0 saturated carbocycles. The third-order valence-corrected chi connectivity index (χ3v) is 4.04. The van der Waals surface area contributed by atoms with Gasteiger partial charge in [-0.25, -0.2) is 8.78 Å². The topological polar surface area (TPSA) is 24.5 Å².